The van der Waals surface area contributed by atoms with Crippen LogP contribution in [0.1, 0.15) is 54.4 Å². The molecule has 1 amide bonds. The largest absolute Gasteiger partial charge is 0.444 e. The van der Waals surface area contributed by atoms with Crippen molar-refractivity contribution in [2.45, 2.75) is 89.1 Å². The van der Waals surface area contributed by atoms with Gasteiger partial charge in [0.2, 0.25) is 10.0 Å². The zero-order chi connectivity index (χ0) is 27.6. The third-order valence-electron chi connectivity index (χ3n) is 6.90. The normalized spacial score (nSPS) is 17.6. The topological polar surface area (TPSA) is 97.8 Å². The molecule has 204 valence electrons. The number of aromatic nitrogens is 1. The highest BCUT2D eigenvalue weighted by atomic mass is 32.2. The Morgan fingerprint density at radius 3 is 2.32 bits per heavy atom. The van der Waals surface area contributed by atoms with Gasteiger partial charge >= 0.3 is 6.09 Å². The number of hydrogen-bond donors (Lipinski definition) is 1. The Morgan fingerprint density at radius 2 is 1.73 bits per heavy atom. The molecular formula is C27H41N3O5SSi. The molecule has 1 unspecified atom stereocenters. The van der Waals surface area contributed by atoms with Crippen molar-refractivity contribution in [3.63, 3.8) is 0 Å². The first-order valence-corrected chi connectivity index (χ1v) is 17.1. The van der Waals surface area contributed by atoms with E-state index in [4.69, 9.17) is 9.16 Å². The van der Waals surface area contributed by atoms with Gasteiger partial charge in [0.15, 0.2) is 8.32 Å². The van der Waals surface area contributed by atoms with Crippen molar-refractivity contribution in [1.82, 2.24) is 9.29 Å². The number of anilines is 1. The molecule has 0 spiro atoms. The van der Waals surface area contributed by atoms with Crippen LogP contribution >= 0.6 is 0 Å². The molecule has 37 heavy (non-hydrogen) atoms. The van der Waals surface area contributed by atoms with Crippen LogP contribution in [0.3, 0.4) is 0 Å². The van der Waals surface area contributed by atoms with Crippen molar-refractivity contribution >= 4 is 30.3 Å². The molecule has 0 radical (unpaired) electrons. The average Bonchev–Trinajstić information content (AvgIpc) is 3.26. The first-order valence-electron chi connectivity index (χ1n) is 12.7. The SMILES string of the molecule is CC(C)(C)OC(=O)Nc1cccc(-c2ccc(S(=O)(=O)N3CCCC3CO[Si](C)(C)C(C)(C)C)cc2)n1. The van der Waals surface area contributed by atoms with E-state index < -0.39 is 30.0 Å². The van der Waals surface area contributed by atoms with Crippen LogP contribution in [0.5, 0.6) is 0 Å². The molecule has 0 bridgehead atoms. The maximum Gasteiger partial charge on any atom is 0.413 e. The Balaban J connectivity index is 1.73. The average molecular weight is 548 g/mol. The van der Waals surface area contributed by atoms with Crippen LogP contribution in [-0.4, -0.2) is 56.9 Å². The quantitative estimate of drug-likeness (QED) is 0.410. The molecule has 0 aliphatic carbocycles. The highest BCUT2D eigenvalue weighted by molar-refractivity contribution is 7.89. The van der Waals surface area contributed by atoms with Gasteiger partial charge in [0.1, 0.15) is 11.4 Å². The van der Waals surface area contributed by atoms with Crippen molar-refractivity contribution in [3.8, 4) is 11.3 Å². The Bertz CT molecular complexity index is 1200. The second-order valence-corrected chi connectivity index (χ2v) is 18.7. The summed E-state index contributed by atoms with van der Waals surface area (Å²) in [5.41, 5.74) is 0.735. The van der Waals surface area contributed by atoms with Crippen LogP contribution in [0.15, 0.2) is 47.4 Å². The van der Waals surface area contributed by atoms with E-state index in [9.17, 15) is 13.2 Å². The summed E-state index contributed by atoms with van der Waals surface area (Å²) < 4.78 is 40.3. The van der Waals surface area contributed by atoms with Gasteiger partial charge in [-0.2, -0.15) is 4.31 Å². The van der Waals surface area contributed by atoms with Gasteiger partial charge in [0, 0.05) is 18.2 Å². The summed E-state index contributed by atoms with van der Waals surface area (Å²) in [4.78, 5) is 16.8. The van der Waals surface area contributed by atoms with Gasteiger partial charge in [-0.3, -0.25) is 5.32 Å². The number of sulfonamides is 1. The van der Waals surface area contributed by atoms with Crippen LogP contribution < -0.4 is 5.32 Å². The number of amides is 1. The molecule has 0 saturated carbocycles. The Morgan fingerprint density at radius 1 is 1.08 bits per heavy atom. The van der Waals surface area contributed by atoms with E-state index in [0.29, 0.717) is 24.7 Å². The van der Waals surface area contributed by atoms with Crippen molar-refractivity contribution in [2.75, 3.05) is 18.5 Å². The van der Waals surface area contributed by atoms with E-state index in [1.165, 1.54) is 0 Å². The van der Waals surface area contributed by atoms with Crippen molar-refractivity contribution in [2.24, 2.45) is 0 Å². The van der Waals surface area contributed by atoms with E-state index >= 15 is 0 Å². The first kappa shape index (κ1) is 29.3. The standard InChI is InChI=1S/C27H41N3O5SSi/c1-26(2,3)35-25(31)29-24-13-9-12-23(28-24)20-14-16-22(17-15-20)36(32,33)30-18-10-11-21(30)19-34-37(7,8)27(4,5)6/h9,12-17,21H,10-11,18-19H2,1-8H3,(H,28,29,31). The molecule has 1 atom stereocenters. The molecule has 1 fully saturated rings. The van der Waals surface area contributed by atoms with E-state index in [-0.39, 0.29) is 16.0 Å². The lowest BCUT2D eigenvalue weighted by Crippen LogP contribution is -2.45. The summed E-state index contributed by atoms with van der Waals surface area (Å²) in [5, 5.41) is 2.70. The number of nitrogens with zero attached hydrogens (tertiary/aromatic N) is 2. The Labute approximate surface area is 223 Å². The minimum atomic E-state index is -3.66. The van der Waals surface area contributed by atoms with Crippen LogP contribution in [0.2, 0.25) is 18.1 Å². The summed E-state index contributed by atoms with van der Waals surface area (Å²) in [5.74, 6) is 0.352. The molecule has 1 aromatic carbocycles. The fourth-order valence-electron chi connectivity index (χ4n) is 3.82. The molecule has 10 heteroatoms. The molecule has 8 nitrogen and oxygen atoms in total. The lowest BCUT2D eigenvalue weighted by molar-refractivity contribution is 0.0635. The predicted molar refractivity (Wildman–Crippen MR) is 150 cm³/mol. The van der Waals surface area contributed by atoms with Gasteiger partial charge in [0.05, 0.1) is 17.2 Å². The first-order chi connectivity index (χ1) is 17.0. The number of rotatable bonds is 7. The van der Waals surface area contributed by atoms with E-state index in [1.807, 2.05) is 0 Å². The van der Waals surface area contributed by atoms with Gasteiger partial charge in [-0.25, -0.2) is 18.2 Å². The van der Waals surface area contributed by atoms with Gasteiger partial charge in [0.25, 0.3) is 0 Å². The lowest BCUT2D eigenvalue weighted by Gasteiger charge is -2.37. The molecular weight excluding hydrogens is 506 g/mol. The molecule has 2 heterocycles. The monoisotopic (exact) mass is 547 g/mol. The van der Waals surface area contributed by atoms with Gasteiger partial charge in [-0.05, 0) is 76.0 Å². The van der Waals surface area contributed by atoms with E-state index in [1.54, 1.807) is 67.5 Å². The van der Waals surface area contributed by atoms with Crippen LogP contribution in [0.25, 0.3) is 11.3 Å². The molecule has 1 saturated heterocycles. The number of nitrogens with one attached hydrogen (secondary N) is 1. The minimum absolute atomic E-state index is 0.0684. The molecule has 1 aliphatic heterocycles. The third kappa shape index (κ3) is 7.40. The minimum Gasteiger partial charge on any atom is -0.444 e. The number of carbonyl (C=O) groups is 1. The molecule has 1 aromatic heterocycles. The van der Waals surface area contributed by atoms with E-state index in [0.717, 1.165) is 18.4 Å². The molecule has 3 rings (SSSR count). The number of pyridine rings is 1. The number of hydrogen-bond acceptors (Lipinski definition) is 6. The zero-order valence-electron chi connectivity index (χ0n) is 23.3. The predicted octanol–water partition coefficient (Wildman–Crippen LogP) is 6.27. The Hall–Kier alpha value is -2.27. The van der Waals surface area contributed by atoms with Gasteiger partial charge in [-0.1, -0.05) is 39.0 Å². The second kappa shape index (κ2) is 10.8. The molecule has 1 N–H and O–H groups in total. The summed E-state index contributed by atoms with van der Waals surface area (Å²) in [6.07, 6.45) is 1.04. The van der Waals surface area contributed by atoms with Crippen LogP contribution in [0, 0.1) is 0 Å². The van der Waals surface area contributed by atoms with E-state index in [2.05, 4.69) is 44.2 Å². The second-order valence-electron chi connectivity index (χ2n) is 12.0. The maximum atomic E-state index is 13.5. The van der Waals surface area contributed by atoms with Crippen molar-refractivity contribution < 1.29 is 22.4 Å². The number of benzene rings is 1. The summed E-state index contributed by atoms with van der Waals surface area (Å²) in [7, 11) is -5.63. The van der Waals surface area contributed by atoms with Gasteiger partial charge < -0.3 is 9.16 Å². The van der Waals surface area contributed by atoms with Gasteiger partial charge in [-0.15, -0.1) is 0 Å². The fraction of sp³-hybridized carbons (Fsp3) is 0.556. The van der Waals surface area contributed by atoms with Crippen LogP contribution in [0.4, 0.5) is 10.6 Å². The molecule has 2 aromatic rings. The fourth-order valence-corrected chi connectivity index (χ4v) is 6.54. The Kier molecular flexibility index (Phi) is 8.58. The highest BCUT2D eigenvalue weighted by Crippen LogP contribution is 2.37. The molecule has 1 aliphatic rings. The van der Waals surface area contributed by atoms with Crippen molar-refractivity contribution in [1.29, 1.82) is 0 Å². The number of carbonyl (C=O) groups excluding carboxylic acids is 1. The smallest absolute Gasteiger partial charge is 0.413 e. The highest BCUT2D eigenvalue weighted by Gasteiger charge is 2.40. The summed E-state index contributed by atoms with van der Waals surface area (Å²) >= 11 is 0. The summed E-state index contributed by atoms with van der Waals surface area (Å²) in [6.45, 7) is 17.2. The number of ether oxygens (including phenoxy) is 1. The maximum absolute atomic E-state index is 13.5. The summed E-state index contributed by atoms with van der Waals surface area (Å²) in [6, 6.07) is 11.8. The zero-order valence-corrected chi connectivity index (χ0v) is 25.1. The lowest BCUT2D eigenvalue weighted by atomic mass is 10.1. The third-order valence-corrected chi connectivity index (χ3v) is 13.4. The van der Waals surface area contributed by atoms with Crippen LogP contribution in [-0.2, 0) is 19.2 Å². The van der Waals surface area contributed by atoms with Crippen molar-refractivity contribution in [3.05, 3.63) is 42.5 Å².